The van der Waals surface area contributed by atoms with Gasteiger partial charge in [-0.3, -0.25) is 4.68 Å². The molecule has 0 aliphatic carbocycles. The monoisotopic (exact) mass is 269 g/mol. The van der Waals surface area contributed by atoms with Gasteiger partial charge in [-0.2, -0.15) is 5.10 Å². The van der Waals surface area contributed by atoms with Crippen LogP contribution in [0.2, 0.25) is 10.0 Å². The summed E-state index contributed by atoms with van der Waals surface area (Å²) in [4.78, 5) is 0. The van der Waals surface area contributed by atoms with Gasteiger partial charge in [-0.1, -0.05) is 29.3 Å². The molecule has 1 aromatic heterocycles. The van der Waals surface area contributed by atoms with Crippen molar-refractivity contribution < 1.29 is 0 Å². The highest BCUT2D eigenvalue weighted by atomic mass is 35.5. The van der Waals surface area contributed by atoms with Crippen LogP contribution in [0.1, 0.15) is 11.3 Å². The van der Waals surface area contributed by atoms with Crippen molar-refractivity contribution in [3.63, 3.8) is 0 Å². The molecule has 0 atom stereocenters. The van der Waals surface area contributed by atoms with Gasteiger partial charge < -0.3 is 5.32 Å². The molecule has 0 radical (unpaired) electrons. The van der Waals surface area contributed by atoms with E-state index in [0.717, 1.165) is 11.3 Å². The number of aromatic nitrogens is 2. The predicted molar refractivity (Wildman–Crippen MR) is 70.2 cm³/mol. The topological polar surface area (TPSA) is 29.9 Å². The Morgan fingerprint density at radius 3 is 2.47 bits per heavy atom. The van der Waals surface area contributed by atoms with E-state index in [2.05, 4.69) is 10.4 Å². The summed E-state index contributed by atoms with van der Waals surface area (Å²) >= 11 is 12.1. The second kappa shape index (κ2) is 5.54. The third-order valence-electron chi connectivity index (χ3n) is 2.44. The van der Waals surface area contributed by atoms with Crippen LogP contribution in [-0.4, -0.2) is 9.78 Å². The lowest BCUT2D eigenvalue weighted by atomic mass is 10.2. The third-order valence-corrected chi connectivity index (χ3v) is 3.15. The third kappa shape index (κ3) is 3.22. The maximum absolute atomic E-state index is 6.07. The molecule has 1 N–H and O–H groups in total. The Labute approximate surface area is 110 Å². The van der Waals surface area contributed by atoms with Gasteiger partial charge in [-0.25, -0.2) is 0 Å². The summed E-state index contributed by atoms with van der Waals surface area (Å²) in [5.41, 5.74) is 1.92. The van der Waals surface area contributed by atoms with Gasteiger partial charge in [0.1, 0.15) is 0 Å². The summed E-state index contributed by atoms with van der Waals surface area (Å²) in [6.45, 7) is 1.33. The van der Waals surface area contributed by atoms with Gasteiger partial charge in [0.25, 0.3) is 0 Å². The fourth-order valence-electron chi connectivity index (χ4n) is 1.57. The van der Waals surface area contributed by atoms with Gasteiger partial charge in [0.15, 0.2) is 0 Å². The van der Waals surface area contributed by atoms with Crippen molar-refractivity contribution in [3.8, 4) is 0 Å². The highest BCUT2D eigenvalue weighted by molar-refractivity contribution is 6.35. The number of hydrogen-bond donors (Lipinski definition) is 1. The zero-order valence-corrected chi connectivity index (χ0v) is 11.0. The molecule has 90 valence electrons. The zero-order valence-electron chi connectivity index (χ0n) is 9.45. The van der Waals surface area contributed by atoms with Crippen LogP contribution in [-0.2, 0) is 20.1 Å². The van der Waals surface area contributed by atoms with Crippen LogP contribution in [0, 0.1) is 0 Å². The lowest BCUT2D eigenvalue weighted by Gasteiger charge is -2.07. The SMILES string of the molecule is Cn1ccc(CNCc2c(Cl)cccc2Cl)n1. The van der Waals surface area contributed by atoms with E-state index in [9.17, 15) is 0 Å². The molecular formula is C12H13Cl2N3. The van der Waals surface area contributed by atoms with E-state index in [1.165, 1.54) is 0 Å². The summed E-state index contributed by atoms with van der Waals surface area (Å²) in [7, 11) is 1.90. The molecule has 2 rings (SSSR count). The van der Waals surface area contributed by atoms with Crippen molar-refractivity contribution >= 4 is 23.2 Å². The highest BCUT2D eigenvalue weighted by Crippen LogP contribution is 2.23. The predicted octanol–water partition coefficient (Wildman–Crippen LogP) is 3.02. The summed E-state index contributed by atoms with van der Waals surface area (Å²) in [5, 5.41) is 8.92. The molecule has 0 fully saturated rings. The molecule has 17 heavy (non-hydrogen) atoms. The standard InChI is InChI=1S/C12H13Cl2N3/c1-17-6-5-9(16-17)7-15-8-10-11(13)3-2-4-12(10)14/h2-6,15H,7-8H2,1H3. The summed E-state index contributed by atoms with van der Waals surface area (Å²) < 4.78 is 1.78. The fourth-order valence-corrected chi connectivity index (χ4v) is 2.11. The quantitative estimate of drug-likeness (QED) is 0.925. The van der Waals surface area contributed by atoms with Crippen molar-refractivity contribution in [2.24, 2.45) is 7.05 Å². The van der Waals surface area contributed by atoms with E-state index in [-0.39, 0.29) is 0 Å². The molecule has 1 heterocycles. The molecule has 5 heteroatoms. The number of hydrogen-bond acceptors (Lipinski definition) is 2. The first-order chi connectivity index (χ1) is 8.16. The van der Waals surface area contributed by atoms with E-state index in [1.54, 1.807) is 4.68 Å². The number of aryl methyl sites for hydroxylation is 1. The van der Waals surface area contributed by atoms with E-state index in [1.807, 2.05) is 37.5 Å². The number of benzene rings is 1. The summed E-state index contributed by atoms with van der Waals surface area (Å²) in [6.07, 6.45) is 1.92. The lowest BCUT2D eigenvalue weighted by Crippen LogP contribution is -2.14. The molecule has 0 spiro atoms. The Morgan fingerprint density at radius 2 is 1.88 bits per heavy atom. The first kappa shape index (κ1) is 12.4. The molecule has 1 aromatic carbocycles. The van der Waals surface area contributed by atoms with Crippen LogP contribution in [0.3, 0.4) is 0 Å². The maximum atomic E-state index is 6.07. The molecule has 0 amide bonds. The first-order valence-electron chi connectivity index (χ1n) is 5.29. The second-order valence-corrected chi connectivity index (χ2v) is 4.60. The van der Waals surface area contributed by atoms with Gasteiger partial charge in [0, 0.05) is 41.9 Å². The fraction of sp³-hybridized carbons (Fsp3) is 0.250. The summed E-state index contributed by atoms with van der Waals surface area (Å²) in [6, 6.07) is 7.49. The van der Waals surface area contributed by atoms with Crippen LogP contribution in [0.5, 0.6) is 0 Å². The van der Waals surface area contributed by atoms with Crippen molar-refractivity contribution in [1.29, 1.82) is 0 Å². The van der Waals surface area contributed by atoms with Crippen molar-refractivity contribution in [2.45, 2.75) is 13.1 Å². The first-order valence-corrected chi connectivity index (χ1v) is 6.04. The maximum Gasteiger partial charge on any atom is 0.0762 e. The molecule has 0 bridgehead atoms. The van der Waals surface area contributed by atoms with E-state index >= 15 is 0 Å². The zero-order chi connectivity index (χ0) is 12.3. The highest BCUT2D eigenvalue weighted by Gasteiger charge is 2.05. The second-order valence-electron chi connectivity index (χ2n) is 3.78. The lowest BCUT2D eigenvalue weighted by molar-refractivity contribution is 0.656. The van der Waals surface area contributed by atoms with Crippen LogP contribution < -0.4 is 5.32 Å². The van der Waals surface area contributed by atoms with Gasteiger partial charge in [-0.05, 0) is 18.2 Å². The van der Waals surface area contributed by atoms with Gasteiger partial charge >= 0.3 is 0 Å². The van der Waals surface area contributed by atoms with Crippen molar-refractivity contribution in [2.75, 3.05) is 0 Å². The van der Waals surface area contributed by atoms with Crippen molar-refractivity contribution in [3.05, 3.63) is 51.8 Å². The van der Waals surface area contributed by atoms with Crippen LogP contribution >= 0.6 is 23.2 Å². The smallest absolute Gasteiger partial charge is 0.0762 e. The normalized spacial score (nSPS) is 10.8. The average Bonchev–Trinajstić information content (AvgIpc) is 2.69. The number of nitrogens with one attached hydrogen (secondary N) is 1. The number of rotatable bonds is 4. The Balaban J connectivity index is 1.94. The minimum atomic E-state index is 0.634. The van der Waals surface area contributed by atoms with Crippen molar-refractivity contribution in [1.82, 2.24) is 15.1 Å². The Hall–Kier alpha value is -1.03. The largest absolute Gasteiger partial charge is 0.307 e. The van der Waals surface area contributed by atoms with Crippen LogP contribution in [0.4, 0.5) is 0 Å². The van der Waals surface area contributed by atoms with Crippen LogP contribution in [0.25, 0.3) is 0 Å². The van der Waals surface area contributed by atoms with E-state index < -0.39 is 0 Å². The Kier molecular flexibility index (Phi) is 4.05. The van der Waals surface area contributed by atoms with E-state index in [0.29, 0.717) is 23.1 Å². The molecule has 3 nitrogen and oxygen atoms in total. The van der Waals surface area contributed by atoms with Gasteiger partial charge in [-0.15, -0.1) is 0 Å². The Bertz CT molecular complexity index is 488. The molecule has 0 saturated carbocycles. The minimum absolute atomic E-state index is 0.634. The molecule has 2 aromatic rings. The molecule has 0 unspecified atom stereocenters. The molecular weight excluding hydrogens is 257 g/mol. The molecule has 0 saturated heterocycles. The van der Waals surface area contributed by atoms with Crippen LogP contribution in [0.15, 0.2) is 30.5 Å². The molecule has 0 aliphatic rings. The average molecular weight is 270 g/mol. The van der Waals surface area contributed by atoms with Gasteiger partial charge in [0.05, 0.1) is 5.69 Å². The summed E-state index contributed by atoms with van der Waals surface area (Å²) in [5.74, 6) is 0. The van der Waals surface area contributed by atoms with Gasteiger partial charge in [0.2, 0.25) is 0 Å². The number of nitrogens with zero attached hydrogens (tertiary/aromatic N) is 2. The Morgan fingerprint density at radius 1 is 1.18 bits per heavy atom. The molecule has 0 aliphatic heterocycles. The van der Waals surface area contributed by atoms with E-state index in [4.69, 9.17) is 23.2 Å². The minimum Gasteiger partial charge on any atom is -0.307 e. The number of halogens is 2.